The fourth-order valence-electron chi connectivity index (χ4n) is 3.87. The normalized spacial score (nSPS) is 12.6. The molecule has 4 rings (SSSR count). The lowest BCUT2D eigenvalue weighted by atomic mass is 10.0. The molecule has 1 heterocycles. The van der Waals surface area contributed by atoms with Crippen molar-refractivity contribution in [3.63, 3.8) is 0 Å². The number of hydrogen-bond acceptors (Lipinski definition) is 5. The van der Waals surface area contributed by atoms with Gasteiger partial charge in [0, 0.05) is 6.54 Å². The van der Waals surface area contributed by atoms with Crippen molar-refractivity contribution in [2.75, 3.05) is 12.1 Å². The molecule has 0 fully saturated rings. The van der Waals surface area contributed by atoms with Gasteiger partial charge < -0.3 is 25.4 Å². The number of rotatable bonds is 9. The standard InChI is InChI=1S/C28H29N3O5/c1-18(2)26(31-25(32)15-19-8-4-3-5-9-19)28(34)30-22-11-7-6-10-21(22)27(33)29-16-20-12-13-23-24(14-20)36-17-35-23/h3-14,18,26H,15-17H2,1-2H3,(H,29,33)(H,30,34)(H,31,32)/t26-/m1/s1. The van der Waals surface area contributed by atoms with E-state index in [1.807, 2.05) is 56.3 Å². The minimum Gasteiger partial charge on any atom is -0.454 e. The Morgan fingerprint density at radius 3 is 2.36 bits per heavy atom. The van der Waals surface area contributed by atoms with Gasteiger partial charge in [-0.05, 0) is 41.3 Å². The van der Waals surface area contributed by atoms with Gasteiger partial charge in [0.05, 0.1) is 17.7 Å². The molecule has 0 unspecified atom stereocenters. The Hall–Kier alpha value is -4.33. The first-order valence-corrected chi connectivity index (χ1v) is 11.8. The van der Waals surface area contributed by atoms with Gasteiger partial charge in [-0.15, -0.1) is 0 Å². The van der Waals surface area contributed by atoms with Gasteiger partial charge in [0.1, 0.15) is 6.04 Å². The van der Waals surface area contributed by atoms with Crippen molar-refractivity contribution in [1.29, 1.82) is 0 Å². The summed E-state index contributed by atoms with van der Waals surface area (Å²) in [5.41, 5.74) is 2.41. The van der Waals surface area contributed by atoms with E-state index in [0.717, 1.165) is 11.1 Å². The maximum atomic E-state index is 13.1. The van der Waals surface area contributed by atoms with E-state index in [-0.39, 0.29) is 43.4 Å². The summed E-state index contributed by atoms with van der Waals surface area (Å²) in [6.45, 7) is 4.18. The number of benzene rings is 3. The van der Waals surface area contributed by atoms with E-state index in [9.17, 15) is 14.4 Å². The minimum absolute atomic E-state index is 0.156. The Morgan fingerprint density at radius 1 is 0.861 bits per heavy atom. The maximum Gasteiger partial charge on any atom is 0.253 e. The fraction of sp³-hybridized carbons (Fsp3) is 0.250. The van der Waals surface area contributed by atoms with E-state index >= 15 is 0 Å². The number of hydrogen-bond donors (Lipinski definition) is 3. The molecule has 3 amide bonds. The van der Waals surface area contributed by atoms with E-state index in [1.165, 1.54) is 0 Å². The fourth-order valence-corrected chi connectivity index (χ4v) is 3.87. The van der Waals surface area contributed by atoms with Gasteiger partial charge in [-0.1, -0.05) is 62.4 Å². The number of carbonyl (C=O) groups excluding carboxylic acids is 3. The minimum atomic E-state index is -0.758. The lowest BCUT2D eigenvalue weighted by molar-refractivity contribution is -0.127. The SMILES string of the molecule is CC(C)[C@@H](NC(=O)Cc1ccccc1)C(=O)Nc1ccccc1C(=O)NCc1ccc2c(c1)OCO2. The van der Waals surface area contributed by atoms with Crippen LogP contribution < -0.4 is 25.4 Å². The number of carbonyl (C=O) groups is 3. The zero-order chi connectivity index (χ0) is 25.5. The highest BCUT2D eigenvalue weighted by atomic mass is 16.7. The van der Waals surface area contributed by atoms with Crippen molar-refractivity contribution < 1.29 is 23.9 Å². The van der Waals surface area contributed by atoms with Crippen LogP contribution in [0.25, 0.3) is 0 Å². The van der Waals surface area contributed by atoms with Gasteiger partial charge in [0.25, 0.3) is 5.91 Å². The van der Waals surface area contributed by atoms with Crippen molar-refractivity contribution in [2.45, 2.75) is 32.9 Å². The number of fused-ring (bicyclic) bond motifs is 1. The lowest BCUT2D eigenvalue weighted by Crippen LogP contribution is -2.47. The first kappa shape index (κ1) is 24.8. The maximum absolute atomic E-state index is 13.1. The van der Waals surface area contributed by atoms with Crippen molar-refractivity contribution in [3.05, 3.63) is 89.5 Å². The van der Waals surface area contributed by atoms with E-state index in [1.54, 1.807) is 30.3 Å². The summed E-state index contributed by atoms with van der Waals surface area (Å²) in [4.78, 5) is 38.6. The Kier molecular flexibility index (Phi) is 7.85. The smallest absolute Gasteiger partial charge is 0.253 e. The second kappa shape index (κ2) is 11.4. The number of nitrogens with one attached hydrogen (secondary N) is 3. The quantitative estimate of drug-likeness (QED) is 0.427. The highest BCUT2D eigenvalue weighted by Gasteiger charge is 2.25. The van der Waals surface area contributed by atoms with Gasteiger partial charge in [-0.2, -0.15) is 0 Å². The molecular formula is C28H29N3O5. The number of para-hydroxylation sites is 1. The van der Waals surface area contributed by atoms with Crippen LogP contribution in [0.1, 0.15) is 35.3 Å². The Balaban J connectivity index is 1.39. The molecule has 3 N–H and O–H groups in total. The van der Waals surface area contributed by atoms with Crippen LogP contribution in [0.2, 0.25) is 0 Å². The van der Waals surface area contributed by atoms with E-state index in [0.29, 0.717) is 22.7 Å². The summed E-state index contributed by atoms with van der Waals surface area (Å²) in [5.74, 6) is 0.193. The van der Waals surface area contributed by atoms with Crippen molar-refractivity contribution in [2.24, 2.45) is 5.92 Å². The molecule has 186 valence electrons. The van der Waals surface area contributed by atoms with Gasteiger partial charge in [0.2, 0.25) is 18.6 Å². The van der Waals surface area contributed by atoms with Gasteiger partial charge in [-0.3, -0.25) is 14.4 Å². The number of ether oxygens (including phenoxy) is 2. The van der Waals surface area contributed by atoms with Gasteiger partial charge in [-0.25, -0.2) is 0 Å². The third-order valence-electron chi connectivity index (χ3n) is 5.79. The molecule has 0 spiro atoms. The molecule has 0 aliphatic carbocycles. The summed E-state index contributed by atoms with van der Waals surface area (Å²) >= 11 is 0. The highest BCUT2D eigenvalue weighted by molar-refractivity contribution is 6.05. The molecule has 8 heteroatoms. The van der Waals surface area contributed by atoms with Crippen molar-refractivity contribution >= 4 is 23.4 Å². The molecule has 8 nitrogen and oxygen atoms in total. The third-order valence-corrected chi connectivity index (χ3v) is 5.79. The zero-order valence-electron chi connectivity index (χ0n) is 20.2. The van der Waals surface area contributed by atoms with Crippen LogP contribution in [0, 0.1) is 5.92 Å². The average Bonchev–Trinajstić information content (AvgIpc) is 3.34. The van der Waals surface area contributed by atoms with Crippen LogP contribution in [0.3, 0.4) is 0 Å². The van der Waals surface area contributed by atoms with Crippen LogP contribution in [0.15, 0.2) is 72.8 Å². The first-order valence-electron chi connectivity index (χ1n) is 11.8. The summed E-state index contributed by atoms with van der Waals surface area (Å²) in [6.07, 6.45) is 0.177. The van der Waals surface area contributed by atoms with Crippen LogP contribution >= 0.6 is 0 Å². The Morgan fingerprint density at radius 2 is 1.58 bits per heavy atom. The molecular weight excluding hydrogens is 458 g/mol. The predicted octanol–water partition coefficient (Wildman–Crippen LogP) is 3.67. The molecule has 3 aromatic rings. The van der Waals surface area contributed by atoms with Crippen LogP contribution in [-0.4, -0.2) is 30.6 Å². The lowest BCUT2D eigenvalue weighted by Gasteiger charge is -2.22. The van der Waals surface area contributed by atoms with Crippen LogP contribution in [-0.2, 0) is 22.6 Å². The summed E-state index contributed by atoms with van der Waals surface area (Å²) < 4.78 is 10.7. The summed E-state index contributed by atoms with van der Waals surface area (Å²) in [6, 6.07) is 20.8. The van der Waals surface area contributed by atoms with Crippen molar-refractivity contribution in [1.82, 2.24) is 10.6 Å². The van der Waals surface area contributed by atoms with E-state index in [2.05, 4.69) is 16.0 Å². The Labute approximate surface area is 210 Å². The molecule has 0 bridgehead atoms. The monoisotopic (exact) mass is 487 g/mol. The second-order valence-electron chi connectivity index (χ2n) is 8.86. The molecule has 1 aliphatic rings. The molecule has 1 aliphatic heterocycles. The number of amides is 3. The molecule has 0 aromatic heterocycles. The topological polar surface area (TPSA) is 106 Å². The van der Waals surface area contributed by atoms with Crippen LogP contribution in [0.4, 0.5) is 5.69 Å². The summed E-state index contributed by atoms with van der Waals surface area (Å²) in [7, 11) is 0. The molecule has 36 heavy (non-hydrogen) atoms. The molecule has 0 radical (unpaired) electrons. The first-order chi connectivity index (χ1) is 17.4. The molecule has 1 atom stereocenters. The largest absolute Gasteiger partial charge is 0.454 e. The highest BCUT2D eigenvalue weighted by Crippen LogP contribution is 2.32. The van der Waals surface area contributed by atoms with Crippen molar-refractivity contribution in [3.8, 4) is 11.5 Å². The second-order valence-corrected chi connectivity index (χ2v) is 8.86. The summed E-state index contributed by atoms with van der Waals surface area (Å²) in [5, 5.41) is 8.53. The van der Waals surface area contributed by atoms with E-state index in [4.69, 9.17) is 9.47 Å². The zero-order valence-corrected chi connectivity index (χ0v) is 20.2. The molecule has 0 saturated carbocycles. The van der Waals surface area contributed by atoms with Crippen LogP contribution in [0.5, 0.6) is 11.5 Å². The van der Waals surface area contributed by atoms with E-state index < -0.39 is 6.04 Å². The predicted molar refractivity (Wildman–Crippen MR) is 136 cm³/mol. The van der Waals surface area contributed by atoms with Gasteiger partial charge in [0.15, 0.2) is 11.5 Å². The number of anilines is 1. The van der Waals surface area contributed by atoms with Gasteiger partial charge >= 0.3 is 0 Å². The molecule has 0 saturated heterocycles. The molecule has 3 aromatic carbocycles. The third kappa shape index (κ3) is 6.21. The average molecular weight is 488 g/mol. The Bertz CT molecular complexity index is 1240.